The van der Waals surface area contributed by atoms with Gasteiger partial charge in [0, 0.05) is 6.42 Å². The highest BCUT2D eigenvalue weighted by Gasteiger charge is 2.09. The Morgan fingerprint density at radius 2 is 2.15 bits per heavy atom. The summed E-state index contributed by atoms with van der Waals surface area (Å²) in [5.41, 5.74) is 1.46. The van der Waals surface area contributed by atoms with Gasteiger partial charge in [-0.15, -0.1) is 0 Å². The molecule has 1 saturated carbocycles. The number of carbonyl (C=O) groups is 1. The third-order valence-electron chi connectivity index (χ3n) is 2.36. The molecule has 1 rings (SSSR count). The molecule has 0 radical (unpaired) electrons. The summed E-state index contributed by atoms with van der Waals surface area (Å²) in [4.78, 5) is 9.81. The molecule has 0 aromatic heterocycles. The van der Waals surface area contributed by atoms with E-state index in [1.54, 1.807) is 6.92 Å². The molecule has 0 aromatic carbocycles. The highest BCUT2D eigenvalue weighted by atomic mass is 16.1. The predicted octanol–water partition coefficient (Wildman–Crippen LogP) is 3.74. The molecule has 0 spiro atoms. The van der Waals surface area contributed by atoms with Crippen molar-refractivity contribution in [3.8, 4) is 0 Å². The van der Waals surface area contributed by atoms with Crippen LogP contribution in [0.15, 0.2) is 12.2 Å². The van der Waals surface area contributed by atoms with E-state index in [1.165, 1.54) is 31.3 Å². The summed E-state index contributed by atoms with van der Waals surface area (Å²) >= 11 is 0. The quantitative estimate of drug-likeness (QED) is 0.565. The first-order valence-electron chi connectivity index (χ1n) is 5.22. The Hall–Kier alpha value is -0.590. The molecule has 1 heteroatoms. The average Bonchev–Trinajstić information content (AvgIpc) is 2.05. The second-order valence-corrected chi connectivity index (χ2v) is 4.01. The summed E-state index contributed by atoms with van der Waals surface area (Å²) < 4.78 is 0. The SMILES string of the molecule is C=C1CCCC(C)C1.CCC(C)=O. The van der Waals surface area contributed by atoms with Gasteiger partial charge in [-0.05, 0) is 32.1 Å². The molecule has 0 N–H and O–H groups in total. The van der Waals surface area contributed by atoms with Crippen molar-refractivity contribution in [3.63, 3.8) is 0 Å². The molecule has 0 heterocycles. The highest BCUT2D eigenvalue weighted by Crippen LogP contribution is 2.25. The van der Waals surface area contributed by atoms with E-state index in [2.05, 4.69) is 13.5 Å². The minimum Gasteiger partial charge on any atom is -0.300 e. The smallest absolute Gasteiger partial charge is 0.129 e. The van der Waals surface area contributed by atoms with Gasteiger partial charge < -0.3 is 4.79 Å². The van der Waals surface area contributed by atoms with E-state index in [9.17, 15) is 4.79 Å². The molecule has 1 unspecified atom stereocenters. The van der Waals surface area contributed by atoms with Crippen LogP contribution in [0.3, 0.4) is 0 Å². The molecule has 0 saturated heterocycles. The van der Waals surface area contributed by atoms with Crippen molar-refractivity contribution in [2.45, 2.75) is 52.9 Å². The van der Waals surface area contributed by atoms with Gasteiger partial charge in [0.1, 0.15) is 5.78 Å². The van der Waals surface area contributed by atoms with E-state index in [1.807, 2.05) is 6.92 Å². The van der Waals surface area contributed by atoms with Crippen LogP contribution >= 0.6 is 0 Å². The Morgan fingerprint density at radius 1 is 1.62 bits per heavy atom. The van der Waals surface area contributed by atoms with Crippen LogP contribution in [-0.2, 0) is 4.79 Å². The van der Waals surface area contributed by atoms with Crippen molar-refractivity contribution >= 4 is 5.78 Å². The van der Waals surface area contributed by atoms with Crippen molar-refractivity contribution in [1.82, 2.24) is 0 Å². The molecule has 0 bridgehead atoms. The molecule has 1 aliphatic rings. The van der Waals surface area contributed by atoms with Gasteiger partial charge in [-0.1, -0.05) is 32.4 Å². The number of Topliss-reactive ketones (excluding diaryl/α,β-unsaturated/α-hetero) is 1. The molecule has 1 atom stereocenters. The van der Waals surface area contributed by atoms with Gasteiger partial charge >= 0.3 is 0 Å². The number of hydrogen-bond acceptors (Lipinski definition) is 1. The maximum atomic E-state index is 9.81. The normalized spacial score (nSPS) is 21.8. The van der Waals surface area contributed by atoms with Gasteiger partial charge in [-0.3, -0.25) is 0 Å². The van der Waals surface area contributed by atoms with E-state index >= 15 is 0 Å². The minimum absolute atomic E-state index is 0.255. The average molecular weight is 182 g/mol. The first kappa shape index (κ1) is 12.4. The maximum Gasteiger partial charge on any atom is 0.129 e. The lowest BCUT2D eigenvalue weighted by Crippen LogP contribution is -2.02. The zero-order valence-corrected chi connectivity index (χ0v) is 9.23. The predicted molar refractivity (Wildman–Crippen MR) is 57.7 cm³/mol. The monoisotopic (exact) mass is 182 g/mol. The van der Waals surface area contributed by atoms with Gasteiger partial charge in [0.15, 0.2) is 0 Å². The van der Waals surface area contributed by atoms with Gasteiger partial charge in [-0.25, -0.2) is 0 Å². The van der Waals surface area contributed by atoms with Gasteiger partial charge in [-0.2, -0.15) is 0 Å². The fourth-order valence-electron chi connectivity index (χ4n) is 1.40. The van der Waals surface area contributed by atoms with Crippen LogP contribution in [0.25, 0.3) is 0 Å². The lowest BCUT2D eigenvalue weighted by Gasteiger charge is -2.18. The fourth-order valence-corrected chi connectivity index (χ4v) is 1.40. The maximum absolute atomic E-state index is 9.81. The molecule has 0 amide bonds. The molecular formula is C12H22O. The Bertz CT molecular complexity index is 170. The van der Waals surface area contributed by atoms with E-state index in [0.717, 1.165) is 5.92 Å². The zero-order valence-electron chi connectivity index (χ0n) is 9.23. The Kier molecular flexibility index (Phi) is 6.56. The highest BCUT2D eigenvalue weighted by molar-refractivity contribution is 5.74. The standard InChI is InChI=1S/C8H14.C4H8O/c1-7-4-3-5-8(2)6-7;1-3-4(2)5/h8H,1,3-6H2,2H3;3H2,1-2H3. The van der Waals surface area contributed by atoms with Gasteiger partial charge in [0.2, 0.25) is 0 Å². The molecule has 76 valence electrons. The molecular weight excluding hydrogens is 160 g/mol. The minimum atomic E-state index is 0.255. The Balaban J connectivity index is 0.000000252. The summed E-state index contributed by atoms with van der Waals surface area (Å²) in [6, 6.07) is 0. The van der Waals surface area contributed by atoms with E-state index in [-0.39, 0.29) is 5.78 Å². The van der Waals surface area contributed by atoms with Crippen LogP contribution in [0.2, 0.25) is 0 Å². The van der Waals surface area contributed by atoms with Crippen molar-refractivity contribution in [3.05, 3.63) is 12.2 Å². The lowest BCUT2D eigenvalue weighted by atomic mass is 9.88. The first-order chi connectivity index (χ1) is 6.06. The van der Waals surface area contributed by atoms with Crippen molar-refractivity contribution in [2.24, 2.45) is 5.92 Å². The Labute approximate surface area is 82.2 Å². The lowest BCUT2D eigenvalue weighted by molar-refractivity contribution is -0.116. The molecule has 0 aromatic rings. The zero-order chi connectivity index (χ0) is 10.3. The second kappa shape index (κ2) is 6.88. The first-order valence-corrected chi connectivity index (χ1v) is 5.22. The van der Waals surface area contributed by atoms with Crippen LogP contribution in [0, 0.1) is 5.92 Å². The third-order valence-corrected chi connectivity index (χ3v) is 2.36. The van der Waals surface area contributed by atoms with E-state index < -0.39 is 0 Å². The molecule has 1 aliphatic carbocycles. The van der Waals surface area contributed by atoms with Gasteiger partial charge in [0.25, 0.3) is 0 Å². The topological polar surface area (TPSA) is 17.1 Å². The summed E-state index contributed by atoms with van der Waals surface area (Å²) in [5, 5.41) is 0. The van der Waals surface area contributed by atoms with Crippen LogP contribution < -0.4 is 0 Å². The van der Waals surface area contributed by atoms with Crippen molar-refractivity contribution < 1.29 is 4.79 Å². The van der Waals surface area contributed by atoms with Crippen LogP contribution in [0.5, 0.6) is 0 Å². The summed E-state index contributed by atoms with van der Waals surface area (Å²) in [6.07, 6.45) is 6.02. The third kappa shape index (κ3) is 7.76. The molecule has 0 aliphatic heterocycles. The number of rotatable bonds is 1. The number of ketones is 1. The van der Waals surface area contributed by atoms with E-state index in [0.29, 0.717) is 6.42 Å². The van der Waals surface area contributed by atoms with E-state index in [4.69, 9.17) is 0 Å². The summed E-state index contributed by atoms with van der Waals surface area (Å²) in [7, 11) is 0. The van der Waals surface area contributed by atoms with Crippen LogP contribution in [-0.4, -0.2) is 5.78 Å². The molecule has 1 nitrogen and oxygen atoms in total. The molecule has 1 fully saturated rings. The number of carbonyl (C=O) groups excluding carboxylic acids is 1. The number of hydrogen-bond donors (Lipinski definition) is 0. The van der Waals surface area contributed by atoms with Gasteiger partial charge in [0.05, 0.1) is 0 Å². The van der Waals surface area contributed by atoms with Crippen LogP contribution in [0.4, 0.5) is 0 Å². The number of allylic oxidation sites excluding steroid dienone is 1. The summed E-state index contributed by atoms with van der Waals surface area (Å²) in [5.74, 6) is 1.17. The molecule has 13 heavy (non-hydrogen) atoms. The fraction of sp³-hybridized carbons (Fsp3) is 0.750. The van der Waals surface area contributed by atoms with Crippen molar-refractivity contribution in [1.29, 1.82) is 0 Å². The van der Waals surface area contributed by atoms with Crippen LogP contribution in [0.1, 0.15) is 52.9 Å². The Morgan fingerprint density at radius 3 is 2.38 bits per heavy atom. The summed E-state index contributed by atoms with van der Waals surface area (Å²) in [6.45, 7) is 9.71. The second-order valence-electron chi connectivity index (χ2n) is 4.01. The van der Waals surface area contributed by atoms with Crippen molar-refractivity contribution in [2.75, 3.05) is 0 Å². The largest absolute Gasteiger partial charge is 0.300 e.